The Hall–Kier alpha value is -1.01. The highest BCUT2D eigenvalue weighted by Gasteiger charge is 2.22. The van der Waals surface area contributed by atoms with E-state index in [1.54, 1.807) is 0 Å². The van der Waals surface area contributed by atoms with Gasteiger partial charge < -0.3 is 15.2 Å². The fourth-order valence-corrected chi connectivity index (χ4v) is 3.71. The van der Waals surface area contributed by atoms with Crippen LogP contribution in [-0.4, -0.2) is 93.7 Å². The molecular weight excluding hydrogens is 333 g/mol. The lowest BCUT2D eigenvalue weighted by atomic mass is 10.0. The molecule has 0 atom stereocenters. The van der Waals surface area contributed by atoms with Crippen LogP contribution in [0.2, 0.25) is 0 Å². The lowest BCUT2D eigenvalue weighted by molar-refractivity contribution is 0.0469. The maximum Gasteiger partial charge on any atom is 0.166 e. The van der Waals surface area contributed by atoms with Crippen LogP contribution in [0, 0.1) is 0 Å². The first kappa shape index (κ1) is 19.3. The van der Waals surface area contributed by atoms with Gasteiger partial charge in [-0.25, -0.2) is 8.42 Å². The maximum atomic E-state index is 11.5. The number of sulfone groups is 1. The summed E-state index contributed by atoms with van der Waals surface area (Å²) in [5.41, 5.74) is 7.21. The van der Waals surface area contributed by atoms with Gasteiger partial charge in [0.2, 0.25) is 0 Å². The predicted molar refractivity (Wildman–Crippen MR) is 92.8 cm³/mol. The number of nitrogens with two attached hydrogens (primary N) is 1. The molecule has 0 spiro atoms. The summed E-state index contributed by atoms with van der Waals surface area (Å²) in [6.07, 6.45) is 0. The van der Waals surface area contributed by atoms with Crippen molar-refractivity contribution in [3.8, 4) is 0 Å². The molecule has 24 heavy (non-hydrogen) atoms. The first-order valence-corrected chi connectivity index (χ1v) is 10.0. The fourth-order valence-electron chi connectivity index (χ4n) is 2.43. The zero-order chi connectivity index (χ0) is 17.4. The summed E-state index contributed by atoms with van der Waals surface area (Å²) < 4.78 is 35.5. The number of ether oxygens (including phenoxy) is 2. The molecule has 1 fully saturated rings. The van der Waals surface area contributed by atoms with Gasteiger partial charge in [-0.05, 0) is 0 Å². The molecule has 0 aliphatic carbocycles. The minimum atomic E-state index is -2.85. The lowest BCUT2D eigenvalue weighted by Crippen LogP contribution is -2.40. The molecule has 0 unspecified atom stereocenters. The van der Waals surface area contributed by atoms with Crippen molar-refractivity contribution in [2.45, 2.75) is 13.1 Å². The average Bonchev–Trinajstić information content (AvgIpc) is 2.89. The number of aromatic nitrogens is 3. The number of rotatable bonds is 10. The van der Waals surface area contributed by atoms with E-state index >= 15 is 0 Å². The Kier molecular flexibility index (Phi) is 7.62. The molecule has 0 aromatic carbocycles. The second-order valence-electron chi connectivity index (χ2n) is 5.79. The van der Waals surface area contributed by atoms with Gasteiger partial charge in [0, 0.05) is 31.8 Å². The molecule has 2 N–H and O–H groups in total. The summed E-state index contributed by atoms with van der Waals surface area (Å²) in [6, 6.07) is 0. The SMILES string of the molecule is Bc1c(CN2CCS(=O)(=O)CC2)nnn1CCOCCOCCN. The first-order chi connectivity index (χ1) is 11.5. The minimum Gasteiger partial charge on any atom is -0.378 e. The molecule has 11 heteroatoms. The number of nitrogens with zero attached hydrogens (tertiary/aromatic N) is 4. The molecule has 1 aliphatic rings. The normalized spacial score (nSPS) is 18.0. The molecular formula is C13H26BN5O4S. The summed E-state index contributed by atoms with van der Waals surface area (Å²) in [6.45, 7) is 5.05. The van der Waals surface area contributed by atoms with E-state index < -0.39 is 9.84 Å². The number of hydrogen-bond donors (Lipinski definition) is 1. The zero-order valence-corrected chi connectivity index (χ0v) is 15.0. The highest BCUT2D eigenvalue weighted by molar-refractivity contribution is 7.91. The van der Waals surface area contributed by atoms with E-state index in [1.165, 1.54) is 0 Å². The largest absolute Gasteiger partial charge is 0.378 e. The molecule has 1 saturated heterocycles. The third-order valence-electron chi connectivity index (χ3n) is 3.97. The molecule has 0 bridgehead atoms. The summed E-state index contributed by atoms with van der Waals surface area (Å²) >= 11 is 0. The predicted octanol–water partition coefficient (Wildman–Crippen LogP) is -3.24. The summed E-state index contributed by atoms with van der Waals surface area (Å²) in [5, 5.41) is 8.36. The van der Waals surface area contributed by atoms with Gasteiger partial charge >= 0.3 is 0 Å². The van der Waals surface area contributed by atoms with E-state index in [4.69, 9.17) is 15.2 Å². The second-order valence-corrected chi connectivity index (χ2v) is 8.09. The molecule has 0 saturated carbocycles. The van der Waals surface area contributed by atoms with Crippen molar-refractivity contribution in [3.05, 3.63) is 5.69 Å². The molecule has 2 heterocycles. The van der Waals surface area contributed by atoms with Crippen LogP contribution < -0.4 is 11.3 Å². The van der Waals surface area contributed by atoms with Crippen LogP contribution in [-0.2, 0) is 32.4 Å². The van der Waals surface area contributed by atoms with Gasteiger partial charge in [0.25, 0.3) is 0 Å². The Morgan fingerprint density at radius 1 is 1.12 bits per heavy atom. The summed E-state index contributed by atoms with van der Waals surface area (Å²) in [7, 11) is -0.880. The Labute approximate surface area is 143 Å². The highest BCUT2D eigenvalue weighted by atomic mass is 32.2. The monoisotopic (exact) mass is 359 g/mol. The molecule has 0 amide bonds. The fraction of sp³-hybridized carbons (Fsp3) is 0.846. The van der Waals surface area contributed by atoms with Crippen molar-refractivity contribution < 1.29 is 17.9 Å². The van der Waals surface area contributed by atoms with Crippen molar-refractivity contribution in [1.29, 1.82) is 0 Å². The molecule has 1 aromatic rings. The van der Waals surface area contributed by atoms with Gasteiger partial charge in [-0.1, -0.05) is 5.21 Å². The highest BCUT2D eigenvalue weighted by Crippen LogP contribution is 2.06. The van der Waals surface area contributed by atoms with Crippen LogP contribution in [0.1, 0.15) is 5.69 Å². The third kappa shape index (κ3) is 6.13. The standard InChI is InChI=1S/C13H26BN5O4S/c14-13-12(11-18-3-9-24(20,21)10-4-18)16-17-19(13)2-6-23-8-7-22-5-1-15/h1-11,14-15H2. The topological polar surface area (TPSA) is 113 Å². The van der Waals surface area contributed by atoms with Crippen molar-refractivity contribution >= 4 is 23.3 Å². The molecule has 1 aromatic heterocycles. The van der Waals surface area contributed by atoms with Crippen LogP contribution in [0.25, 0.3) is 0 Å². The Bertz CT molecular complexity index is 596. The quantitative estimate of drug-likeness (QED) is 0.343. The van der Waals surface area contributed by atoms with E-state index in [1.807, 2.05) is 12.5 Å². The van der Waals surface area contributed by atoms with E-state index in [-0.39, 0.29) is 11.5 Å². The smallest absolute Gasteiger partial charge is 0.166 e. The van der Waals surface area contributed by atoms with Crippen molar-refractivity contribution in [1.82, 2.24) is 19.9 Å². The second kappa shape index (κ2) is 9.47. The van der Waals surface area contributed by atoms with Crippen molar-refractivity contribution in [3.63, 3.8) is 0 Å². The molecule has 136 valence electrons. The van der Waals surface area contributed by atoms with Gasteiger partial charge in [0.15, 0.2) is 17.7 Å². The maximum absolute atomic E-state index is 11.5. The number of hydrogen-bond acceptors (Lipinski definition) is 8. The third-order valence-corrected chi connectivity index (χ3v) is 5.58. The van der Waals surface area contributed by atoms with E-state index in [0.717, 1.165) is 11.3 Å². The average molecular weight is 359 g/mol. The van der Waals surface area contributed by atoms with Crippen LogP contribution in [0.15, 0.2) is 0 Å². The van der Waals surface area contributed by atoms with Gasteiger partial charge in [-0.2, -0.15) is 0 Å². The van der Waals surface area contributed by atoms with E-state index in [0.29, 0.717) is 59.2 Å². The van der Waals surface area contributed by atoms with Gasteiger partial charge in [-0.15, -0.1) is 5.10 Å². The summed E-state index contributed by atoms with van der Waals surface area (Å²) in [4.78, 5) is 2.10. The van der Waals surface area contributed by atoms with Crippen LogP contribution >= 0.6 is 0 Å². The first-order valence-electron chi connectivity index (χ1n) is 8.19. The summed E-state index contributed by atoms with van der Waals surface area (Å²) in [5.74, 6) is 0.445. The van der Waals surface area contributed by atoms with E-state index in [9.17, 15) is 8.42 Å². The molecule has 9 nitrogen and oxygen atoms in total. The van der Waals surface area contributed by atoms with Crippen molar-refractivity contribution in [2.75, 3.05) is 57.6 Å². The van der Waals surface area contributed by atoms with Gasteiger partial charge in [0.05, 0.1) is 50.2 Å². The van der Waals surface area contributed by atoms with Crippen LogP contribution in [0.4, 0.5) is 0 Å². The zero-order valence-electron chi connectivity index (χ0n) is 14.2. The Morgan fingerprint density at radius 2 is 1.79 bits per heavy atom. The van der Waals surface area contributed by atoms with E-state index in [2.05, 4.69) is 15.2 Å². The van der Waals surface area contributed by atoms with Crippen LogP contribution in [0.5, 0.6) is 0 Å². The van der Waals surface area contributed by atoms with Crippen LogP contribution in [0.3, 0.4) is 0 Å². The Morgan fingerprint density at radius 3 is 2.46 bits per heavy atom. The lowest BCUT2D eigenvalue weighted by Gasteiger charge is -2.25. The molecule has 0 radical (unpaired) electrons. The van der Waals surface area contributed by atoms with Gasteiger partial charge in [0.1, 0.15) is 0 Å². The van der Waals surface area contributed by atoms with Gasteiger partial charge in [-0.3, -0.25) is 9.58 Å². The molecule has 2 rings (SSSR count). The van der Waals surface area contributed by atoms with Crippen molar-refractivity contribution in [2.24, 2.45) is 5.73 Å². The molecule has 1 aliphatic heterocycles. The Balaban J connectivity index is 1.71. The minimum absolute atomic E-state index is 0.222.